The number of rotatable bonds is 3. The third-order valence-corrected chi connectivity index (χ3v) is 2.78. The quantitative estimate of drug-likeness (QED) is 0.706. The van der Waals surface area contributed by atoms with Gasteiger partial charge in [0.15, 0.2) is 0 Å². The van der Waals surface area contributed by atoms with Crippen molar-refractivity contribution in [2.45, 2.75) is 39.3 Å². The second-order valence-corrected chi connectivity index (χ2v) is 4.78. The van der Waals surface area contributed by atoms with Crippen molar-refractivity contribution in [1.29, 1.82) is 0 Å². The normalized spacial score (nSPS) is 26.2. The first-order chi connectivity index (χ1) is 6.99. The van der Waals surface area contributed by atoms with Gasteiger partial charge in [0.1, 0.15) is 0 Å². The fraction of sp³-hybridized carbons (Fsp3) is 0.909. The van der Waals surface area contributed by atoms with Crippen LogP contribution in [0.1, 0.15) is 27.2 Å². The van der Waals surface area contributed by atoms with Crippen LogP contribution in [0.5, 0.6) is 0 Å². The van der Waals surface area contributed by atoms with Gasteiger partial charge in [0.05, 0.1) is 6.10 Å². The molecule has 1 aliphatic heterocycles. The molecule has 0 bridgehead atoms. The molecule has 2 unspecified atom stereocenters. The molecule has 0 aromatic heterocycles. The summed E-state index contributed by atoms with van der Waals surface area (Å²) in [6, 6.07) is 0.207. The number of carbonyl (C=O) groups excluding carboxylic acids is 1. The Kier molecular flexibility index (Phi) is 4.54. The summed E-state index contributed by atoms with van der Waals surface area (Å²) in [4.78, 5) is 13.6. The largest absolute Gasteiger partial charge is 0.392 e. The topological polar surface area (TPSA) is 52.6 Å². The summed E-state index contributed by atoms with van der Waals surface area (Å²) < 4.78 is 0. The Morgan fingerprint density at radius 1 is 1.53 bits per heavy atom. The summed E-state index contributed by atoms with van der Waals surface area (Å²) in [5.41, 5.74) is 0. The first-order valence-electron chi connectivity index (χ1n) is 5.69. The van der Waals surface area contributed by atoms with Crippen molar-refractivity contribution in [3.63, 3.8) is 0 Å². The van der Waals surface area contributed by atoms with Gasteiger partial charge in [0.25, 0.3) is 0 Å². The lowest BCUT2D eigenvalue weighted by Crippen LogP contribution is -2.44. The highest BCUT2D eigenvalue weighted by atomic mass is 16.3. The van der Waals surface area contributed by atoms with Gasteiger partial charge in [-0.2, -0.15) is 0 Å². The minimum absolute atomic E-state index is 0.127. The summed E-state index contributed by atoms with van der Waals surface area (Å²) in [6.07, 6.45) is 0.210. The molecule has 1 rings (SSSR count). The molecule has 0 aromatic carbocycles. The SMILES string of the molecule is CC(O)CN1CCC(=O)NC(C(C)C)C1. The molecule has 1 aliphatic rings. The zero-order chi connectivity index (χ0) is 11.4. The number of nitrogens with zero attached hydrogens (tertiary/aromatic N) is 1. The molecule has 0 radical (unpaired) electrons. The fourth-order valence-corrected chi connectivity index (χ4v) is 1.87. The lowest BCUT2D eigenvalue weighted by Gasteiger charge is -2.27. The maximum atomic E-state index is 11.4. The van der Waals surface area contributed by atoms with E-state index in [4.69, 9.17) is 0 Å². The number of amides is 1. The number of aliphatic hydroxyl groups excluding tert-OH is 1. The van der Waals surface area contributed by atoms with E-state index in [1.54, 1.807) is 6.92 Å². The van der Waals surface area contributed by atoms with Crippen LogP contribution >= 0.6 is 0 Å². The van der Waals surface area contributed by atoms with E-state index in [-0.39, 0.29) is 18.1 Å². The van der Waals surface area contributed by atoms with Gasteiger partial charge in [-0.05, 0) is 12.8 Å². The molecular formula is C11H22N2O2. The molecule has 1 amide bonds. The average Bonchev–Trinajstić information content (AvgIpc) is 2.27. The maximum absolute atomic E-state index is 11.4. The van der Waals surface area contributed by atoms with Crippen molar-refractivity contribution >= 4 is 5.91 Å². The number of β-amino-alcohol motifs (C(OH)–C–C–N with tert-alkyl or cyclic N) is 1. The van der Waals surface area contributed by atoms with Gasteiger partial charge in [0.2, 0.25) is 5.91 Å². The molecule has 15 heavy (non-hydrogen) atoms. The first-order valence-corrected chi connectivity index (χ1v) is 5.69. The van der Waals surface area contributed by atoms with E-state index in [9.17, 15) is 9.90 Å². The first kappa shape index (κ1) is 12.5. The van der Waals surface area contributed by atoms with E-state index in [1.165, 1.54) is 0 Å². The van der Waals surface area contributed by atoms with Crippen LogP contribution in [-0.2, 0) is 4.79 Å². The predicted octanol–water partition coefficient (Wildman–Crippen LogP) is 0.214. The Hall–Kier alpha value is -0.610. The van der Waals surface area contributed by atoms with Crippen LogP contribution in [0.25, 0.3) is 0 Å². The number of hydrogen-bond donors (Lipinski definition) is 2. The van der Waals surface area contributed by atoms with E-state index in [0.29, 0.717) is 18.9 Å². The minimum atomic E-state index is -0.328. The number of carbonyl (C=O) groups is 1. The fourth-order valence-electron chi connectivity index (χ4n) is 1.87. The standard InChI is InChI=1S/C11H22N2O2/c1-8(2)10-7-13(6-9(3)14)5-4-11(15)12-10/h8-10,14H,4-7H2,1-3H3,(H,12,15). The average molecular weight is 214 g/mol. The molecule has 1 saturated heterocycles. The van der Waals surface area contributed by atoms with Gasteiger partial charge in [0, 0.05) is 32.1 Å². The van der Waals surface area contributed by atoms with E-state index in [1.807, 2.05) is 0 Å². The van der Waals surface area contributed by atoms with Crippen LogP contribution in [0, 0.1) is 5.92 Å². The highest BCUT2D eigenvalue weighted by Gasteiger charge is 2.24. The summed E-state index contributed by atoms with van der Waals surface area (Å²) in [6.45, 7) is 8.24. The molecule has 2 atom stereocenters. The van der Waals surface area contributed by atoms with E-state index in [0.717, 1.165) is 13.1 Å². The number of nitrogens with one attached hydrogen (secondary N) is 1. The van der Waals surface area contributed by atoms with Crippen LogP contribution in [-0.4, -0.2) is 47.7 Å². The summed E-state index contributed by atoms with van der Waals surface area (Å²) in [7, 11) is 0. The summed E-state index contributed by atoms with van der Waals surface area (Å²) in [5.74, 6) is 0.561. The van der Waals surface area contributed by atoms with Crippen molar-refractivity contribution in [2.75, 3.05) is 19.6 Å². The van der Waals surface area contributed by atoms with Crippen molar-refractivity contribution in [1.82, 2.24) is 10.2 Å². The lowest BCUT2D eigenvalue weighted by molar-refractivity contribution is -0.121. The van der Waals surface area contributed by atoms with Gasteiger partial charge in [-0.1, -0.05) is 13.8 Å². The van der Waals surface area contributed by atoms with E-state index >= 15 is 0 Å². The minimum Gasteiger partial charge on any atom is -0.392 e. The smallest absolute Gasteiger partial charge is 0.221 e. The third-order valence-electron chi connectivity index (χ3n) is 2.78. The van der Waals surface area contributed by atoms with E-state index in [2.05, 4.69) is 24.1 Å². The number of aliphatic hydroxyl groups is 1. The third kappa shape index (κ3) is 4.18. The molecule has 0 spiro atoms. The van der Waals surface area contributed by atoms with Crippen molar-refractivity contribution < 1.29 is 9.90 Å². The van der Waals surface area contributed by atoms with Gasteiger partial charge in [-0.3, -0.25) is 9.69 Å². The highest BCUT2D eigenvalue weighted by Crippen LogP contribution is 2.09. The molecular weight excluding hydrogens is 192 g/mol. The maximum Gasteiger partial charge on any atom is 0.221 e. The van der Waals surface area contributed by atoms with Crippen molar-refractivity contribution in [3.8, 4) is 0 Å². The zero-order valence-electron chi connectivity index (χ0n) is 9.86. The second-order valence-electron chi connectivity index (χ2n) is 4.78. The van der Waals surface area contributed by atoms with Gasteiger partial charge < -0.3 is 10.4 Å². The highest BCUT2D eigenvalue weighted by molar-refractivity contribution is 5.76. The monoisotopic (exact) mass is 214 g/mol. The van der Waals surface area contributed by atoms with Crippen molar-refractivity contribution in [3.05, 3.63) is 0 Å². The Labute approximate surface area is 91.6 Å². The molecule has 0 aromatic rings. The molecule has 0 aliphatic carbocycles. The van der Waals surface area contributed by atoms with Gasteiger partial charge in [-0.25, -0.2) is 0 Å². The number of hydrogen-bond acceptors (Lipinski definition) is 3. The summed E-state index contributed by atoms with van der Waals surface area (Å²) in [5, 5.41) is 12.4. The molecule has 1 fully saturated rings. The predicted molar refractivity (Wildman–Crippen MR) is 59.5 cm³/mol. The van der Waals surface area contributed by atoms with Crippen LogP contribution in [0.3, 0.4) is 0 Å². The molecule has 88 valence electrons. The van der Waals surface area contributed by atoms with Crippen LogP contribution in [0.2, 0.25) is 0 Å². The molecule has 2 N–H and O–H groups in total. The van der Waals surface area contributed by atoms with Crippen LogP contribution in [0.4, 0.5) is 0 Å². The molecule has 0 saturated carbocycles. The van der Waals surface area contributed by atoms with Crippen molar-refractivity contribution in [2.24, 2.45) is 5.92 Å². The molecule has 4 nitrogen and oxygen atoms in total. The summed E-state index contributed by atoms with van der Waals surface area (Å²) >= 11 is 0. The van der Waals surface area contributed by atoms with Gasteiger partial charge >= 0.3 is 0 Å². The Morgan fingerprint density at radius 2 is 2.20 bits per heavy atom. The van der Waals surface area contributed by atoms with Crippen LogP contribution < -0.4 is 5.32 Å². The van der Waals surface area contributed by atoms with E-state index < -0.39 is 0 Å². The Bertz CT molecular complexity index is 217. The Balaban J connectivity index is 2.56. The van der Waals surface area contributed by atoms with Gasteiger partial charge in [-0.15, -0.1) is 0 Å². The van der Waals surface area contributed by atoms with Crippen LogP contribution in [0.15, 0.2) is 0 Å². The Morgan fingerprint density at radius 3 is 2.73 bits per heavy atom. The lowest BCUT2D eigenvalue weighted by atomic mass is 10.0. The molecule has 1 heterocycles. The zero-order valence-corrected chi connectivity index (χ0v) is 9.86. The second kappa shape index (κ2) is 5.47. The molecule has 4 heteroatoms.